The number of nitrogens with zero attached hydrogens (tertiary/aromatic N) is 3. The molecule has 0 unspecified atom stereocenters. The summed E-state index contributed by atoms with van der Waals surface area (Å²) in [6.45, 7) is 3.76. The average Bonchev–Trinajstić information content (AvgIpc) is 2.86. The van der Waals surface area contributed by atoms with Crippen LogP contribution in [0.1, 0.15) is 39.9 Å². The third-order valence-corrected chi connectivity index (χ3v) is 6.21. The van der Waals surface area contributed by atoms with Crippen molar-refractivity contribution in [1.82, 2.24) is 9.88 Å². The molecule has 4 rings (SSSR count). The predicted molar refractivity (Wildman–Crippen MR) is 141 cm³/mol. The number of rotatable bonds is 9. The van der Waals surface area contributed by atoms with E-state index in [0.29, 0.717) is 31.7 Å². The maximum absolute atomic E-state index is 13.2. The first-order valence-electron chi connectivity index (χ1n) is 11.8. The molecule has 0 radical (unpaired) electrons. The molecule has 7 heteroatoms. The van der Waals surface area contributed by atoms with E-state index in [0.717, 1.165) is 47.4 Å². The Morgan fingerprint density at radius 1 is 1.09 bits per heavy atom. The molecule has 6 nitrogen and oxygen atoms in total. The van der Waals surface area contributed by atoms with Crippen molar-refractivity contribution in [1.29, 1.82) is 0 Å². The molecule has 0 saturated heterocycles. The van der Waals surface area contributed by atoms with E-state index in [2.05, 4.69) is 4.98 Å². The summed E-state index contributed by atoms with van der Waals surface area (Å²) in [6, 6.07) is 17.5. The second-order valence-corrected chi connectivity index (χ2v) is 8.71. The summed E-state index contributed by atoms with van der Waals surface area (Å²) in [5, 5.41) is 0. The van der Waals surface area contributed by atoms with E-state index in [1.807, 2.05) is 79.7 Å². The molecular formula is C28H32ClN3O3. The second kappa shape index (κ2) is 12.4. The molecular weight excluding hydrogens is 462 g/mol. The minimum Gasteiger partial charge on any atom is -0.494 e. The van der Waals surface area contributed by atoms with Crippen LogP contribution in [0.3, 0.4) is 0 Å². The standard InChI is InChI=1S/C28H31N3O3.ClH/c1-21-6-8-23(9-7-21)28(33)31(17-14-22-5-3-15-29-20-22)16-4-18-34-25-11-12-26-24(19-25)10-13-27(32)30(26)2;/h3,5-9,11-12,15,19-20H,4,10,13-14,16-18H2,1-2H3;1H. The van der Waals surface area contributed by atoms with Gasteiger partial charge >= 0.3 is 0 Å². The molecule has 0 fully saturated rings. The number of hydrogen-bond donors (Lipinski definition) is 0. The molecule has 0 N–H and O–H groups in total. The normalized spacial score (nSPS) is 12.5. The summed E-state index contributed by atoms with van der Waals surface area (Å²) < 4.78 is 6.00. The zero-order chi connectivity index (χ0) is 23.9. The van der Waals surface area contributed by atoms with Gasteiger partial charge in [-0.05, 0) is 73.7 Å². The van der Waals surface area contributed by atoms with Gasteiger partial charge in [-0.3, -0.25) is 14.6 Å². The molecule has 2 amide bonds. The maximum Gasteiger partial charge on any atom is 0.253 e. The van der Waals surface area contributed by atoms with Crippen molar-refractivity contribution in [2.45, 2.75) is 32.6 Å². The molecule has 0 aliphatic carbocycles. The Morgan fingerprint density at radius 2 is 1.89 bits per heavy atom. The summed E-state index contributed by atoms with van der Waals surface area (Å²) in [6.07, 6.45) is 6.34. The first kappa shape index (κ1) is 26.2. The van der Waals surface area contributed by atoms with E-state index in [4.69, 9.17) is 4.74 Å². The van der Waals surface area contributed by atoms with Crippen LogP contribution in [0.5, 0.6) is 5.75 Å². The number of amides is 2. The van der Waals surface area contributed by atoms with Gasteiger partial charge in [0.1, 0.15) is 5.75 Å². The van der Waals surface area contributed by atoms with Gasteiger partial charge in [-0.2, -0.15) is 0 Å². The van der Waals surface area contributed by atoms with Crippen molar-refractivity contribution in [3.8, 4) is 5.75 Å². The Morgan fingerprint density at radius 3 is 2.63 bits per heavy atom. The fraction of sp³-hybridized carbons (Fsp3) is 0.321. The van der Waals surface area contributed by atoms with Crippen molar-refractivity contribution in [3.05, 3.63) is 89.2 Å². The molecule has 0 saturated carbocycles. The molecule has 3 aromatic rings. The zero-order valence-electron chi connectivity index (χ0n) is 20.3. The van der Waals surface area contributed by atoms with Crippen LogP contribution in [-0.2, 0) is 17.6 Å². The number of fused-ring (bicyclic) bond motifs is 1. The third-order valence-electron chi connectivity index (χ3n) is 6.21. The molecule has 35 heavy (non-hydrogen) atoms. The van der Waals surface area contributed by atoms with E-state index in [1.54, 1.807) is 11.1 Å². The number of aryl methyl sites for hydroxylation is 2. The Labute approximate surface area is 213 Å². The van der Waals surface area contributed by atoms with Gasteiger partial charge in [0, 0.05) is 50.2 Å². The quantitative estimate of drug-likeness (QED) is 0.399. The number of halogens is 1. The summed E-state index contributed by atoms with van der Waals surface area (Å²) in [5.74, 6) is 0.976. The van der Waals surface area contributed by atoms with Crippen molar-refractivity contribution in [2.75, 3.05) is 31.6 Å². The number of aromatic nitrogens is 1. The van der Waals surface area contributed by atoms with Crippen LogP contribution in [0.4, 0.5) is 5.69 Å². The van der Waals surface area contributed by atoms with Crippen molar-refractivity contribution in [2.24, 2.45) is 0 Å². The van der Waals surface area contributed by atoms with Gasteiger partial charge in [0.2, 0.25) is 5.91 Å². The average molecular weight is 494 g/mol. The highest BCUT2D eigenvalue weighted by atomic mass is 35.5. The number of pyridine rings is 1. The first-order valence-corrected chi connectivity index (χ1v) is 11.8. The first-order chi connectivity index (χ1) is 16.5. The topological polar surface area (TPSA) is 62.7 Å². The lowest BCUT2D eigenvalue weighted by molar-refractivity contribution is -0.118. The highest BCUT2D eigenvalue weighted by Gasteiger charge is 2.21. The second-order valence-electron chi connectivity index (χ2n) is 8.71. The maximum atomic E-state index is 13.2. The summed E-state index contributed by atoms with van der Waals surface area (Å²) >= 11 is 0. The van der Waals surface area contributed by atoms with Crippen LogP contribution in [0.2, 0.25) is 0 Å². The Kier molecular flexibility index (Phi) is 9.26. The lowest BCUT2D eigenvalue weighted by Crippen LogP contribution is -2.34. The molecule has 1 aliphatic rings. The number of carbonyl (C=O) groups excluding carboxylic acids is 2. The molecule has 0 atom stereocenters. The van der Waals surface area contributed by atoms with Gasteiger partial charge in [-0.25, -0.2) is 0 Å². The van der Waals surface area contributed by atoms with Crippen molar-refractivity contribution < 1.29 is 14.3 Å². The van der Waals surface area contributed by atoms with Gasteiger partial charge in [0.15, 0.2) is 0 Å². The number of carbonyl (C=O) groups is 2. The molecule has 184 valence electrons. The van der Waals surface area contributed by atoms with Crippen LogP contribution in [-0.4, -0.2) is 48.4 Å². The minimum atomic E-state index is 0. The largest absolute Gasteiger partial charge is 0.494 e. The van der Waals surface area contributed by atoms with Crippen LogP contribution >= 0.6 is 12.4 Å². The summed E-state index contributed by atoms with van der Waals surface area (Å²) in [7, 11) is 1.81. The number of ether oxygens (including phenoxy) is 1. The van der Waals surface area contributed by atoms with E-state index < -0.39 is 0 Å². The van der Waals surface area contributed by atoms with Gasteiger partial charge in [-0.15, -0.1) is 12.4 Å². The molecule has 2 aromatic carbocycles. The lowest BCUT2D eigenvalue weighted by atomic mass is 10.0. The highest BCUT2D eigenvalue weighted by Crippen LogP contribution is 2.30. The van der Waals surface area contributed by atoms with Gasteiger partial charge in [-0.1, -0.05) is 23.8 Å². The monoisotopic (exact) mass is 493 g/mol. The summed E-state index contributed by atoms with van der Waals surface area (Å²) in [4.78, 5) is 32.9. The smallest absolute Gasteiger partial charge is 0.253 e. The van der Waals surface area contributed by atoms with Crippen LogP contribution in [0, 0.1) is 6.92 Å². The molecule has 1 aromatic heterocycles. The number of benzene rings is 2. The minimum absolute atomic E-state index is 0. The lowest BCUT2D eigenvalue weighted by Gasteiger charge is -2.26. The number of anilines is 1. The predicted octanol–water partition coefficient (Wildman–Crippen LogP) is 4.87. The van der Waals surface area contributed by atoms with Crippen LogP contribution in [0.15, 0.2) is 67.0 Å². The Bertz CT molecular complexity index is 1140. The summed E-state index contributed by atoms with van der Waals surface area (Å²) in [5.41, 5.74) is 5.03. The number of hydrogen-bond acceptors (Lipinski definition) is 4. The highest BCUT2D eigenvalue weighted by molar-refractivity contribution is 5.96. The fourth-order valence-electron chi connectivity index (χ4n) is 4.17. The molecule has 2 heterocycles. The van der Waals surface area contributed by atoms with E-state index >= 15 is 0 Å². The fourth-order valence-corrected chi connectivity index (χ4v) is 4.17. The van der Waals surface area contributed by atoms with Gasteiger partial charge < -0.3 is 14.5 Å². The van der Waals surface area contributed by atoms with Crippen LogP contribution in [0.25, 0.3) is 0 Å². The molecule has 1 aliphatic heterocycles. The van der Waals surface area contributed by atoms with Crippen molar-refractivity contribution in [3.63, 3.8) is 0 Å². The third kappa shape index (κ3) is 6.83. The van der Waals surface area contributed by atoms with Crippen LogP contribution < -0.4 is 9.64 Å². The zero-order valence-corrected chi connectivity index (χ0v) is 21.1. The van der Waals surface area contributed by atoms with E-state index in [9.17, 15) is 9.59 Å². The van der Waals surface area contributed by atoms with E-state index in [1.165, 1.54) is 0 Å². The van der Waals surface area contributed by atoms with Gasteiger partial charge in [0.25, 0.3) is 5.91 Å². The Balaban J connectivity index is 0.00000342. The van der Waals surface area contributed by atoms with Gasteiger partial charge in [0.05, 0.1) is 6.61 Å². The Hall–Kier alpha value is -3.38. The SMILES string of the molecule is Cc1ccc(C(=O)N(CCCOc2ccc3c(c2)CCC(=O)N3C)CCc2cccnc2)cc1.Cl. The van der Waals surface area contributed by atoms with E-state index in [-0.39, 0.29) is 24.2 Å². The molecule has 0 spiro atoms. The molecule has 0 bridgehead atoms. The van der Waals surface area contributed by atoms with Crippen molar-refractivity contribution >= 4 is 29.9 Å².